The lowest BCUT2D eigenvalue weighted by atomic mass is 10.1. The van der Waals surface area contributed by atoms with E-state index in [-0.39, 0.29) is 0 Å². The number of thiophene rings is 1. The van der Waals surface area contributed by atoms with Crippen LogP contribution in [0.3, 0.4) is 0 Å². The second kappa shape index (κ2) is 6.92. The predicted octanol–water partition coefficient (Wildman–Crippen LogP) is 3.81. The van der Waals surface area contributed by atoms with Crippen molar-refractivity contribution in [3.63, 3.8) is 0 Å². The van der Waals surface area contributed by atoms with Crippen molar-refractivity contribution in [2.75, 3.05) is 18.1 Å². The van der Waals surface area contributed by atoms with Gasteiger partial charge in [-0.1, -0.05) is 12.1 Å². The van der Waals surface area contributed by atoms with Crippen molar-refractivity contribution in [2.24, 2.45) is 0 Å². The van der Waals surface area contributed by atoms with E-state index in [1.54, 1.807) is 11.3 Å². The number of aromatic nitrogens is 2. The van der Waals surface area contributed by atoms with Gasteiger partial charge in [0, 0.05) is 17.5 Å². The summed E-state index contributed by atoms with van der Waals surface area (Å²) in [7, 11) is 0. The number of carboxylic acids is 1. The zero-order valence-electron chi connectivity index (χ0n) is 14.4. The molecular weight excluding hydrogens is 350 g/mol. The zero-order valence-corrected chi connectivity index (χ0v) is 15.2. The van der Waals surface area contributed by atoms with Crippen molar-refractivity contribution in [3.05, 3.63) is 36.0 Å². The van der Waals surface area contributed by atoms with Crippen molar-refractivity contribution in [1.82, 2.24) is 9.97 Å². The largest absolute Gasteiger partial charge is 0.494 e. The van der Waals surface area contributed by atoms with Gasteiger partial charge in [-0.25, -0.2) is 14.8 Å². The van der Waals surface area contributed by atoms with Gasteiger partial charge < -0.3 is 14.7 Å². The van der Waals surface area contributed by atoms with E-state index in [4.69, 9.17) is 4.74 Å². The second-order valence-electron chi connectivity index (χ2n) is 6.17. The van der Waals surface area contributed by atoms with E-state index in [9.17, 15) is 9.90 Å². The van der Waals surface area contributed by atoms with Crippen LogP contribution in [0.4, 0.5) is 5.82 Å². The first-order valence-electron chi connectivity index (χ1n) is 8.64. The van der Waals surface area contributed by atoms with Crippen LogP contribution in [0.2, 0.25) is 0 Å². The van der Waals surface area contributed by atoms with Gasteiger partial charge in [-0.15, -0.1) is 11.3 Å². The molecule has 1 aromatic carbocycles. The van der Waals surface area contributed by atoms with Crippen LogP contribution in [0.1, 0.15) is 19.8 Å². The summed E-state index contributed by atoms with van der Waals surface area (Å²) >= 11 is 1.55. The summed E-state index contributed by atoms with van der Waals surface area (Å²) in [6, 6.07) is 7.40. The third-order valence-electron chi connectivity index (χ3n) is 4.64. The lowest BCUT2D eigenvalue weighted by Gasteiger charge is -2.23. The summed E-state index contributed by atoms with van der Waals surface area (Å²) in [4.78, 5) is 23.2. The second-order valence-corrected chi connectivity index (χ2v) is 7.03. The van der Waals surface area contributed by atoms with Crippen LogP contribution in [-0.2, 0) is 4.79 Å². The van der Waals surface area contributed by atoms with Crippen LogP contribution in [0.15, 0.2) is 36.0 Å². The molecule has 1 saturated heterocycles. The Morgan fingerprint density at radius 2 is 2.15 bits per heavy atom. The van der Waals surface area contributed by atoms with Crippen LogP contribution in [0.5, 0.6) is 5.75 Å². The molecule has 4 rings (SSSR count). The highest BCUT2D eigenvalue weighted by Crippen LogP contribution is 2.40. The average Bonchev–Trinajstić information content (AvgIpc) is 3.30. The van der Waals surface area contributed by atoms with Crippen LogP contribution in [-0.4, -0.2) is 40.2 Å². The normalized spacial score (nSPS) is 17.0. The van der Waals surface area contributed by atoms with E-state index in [1.807, 2.05) is 36.1 Å². The van der Waals surface area contributed by atoms with Gasteiger partial charge in [0.25, 0.3) is 0 Å². The van der Waals surface area contributed by atoms with Gasteiger partial charge in [0.1, 0.15) is 28.8 Å². The Morgan fingerprint density at radius 1 is 1.35 bits per heavy atom. The molecule has 0 bridgehead atoms. The molecule has 1 atom stereocenters. The summed E-state index contributed by atoms with van der Waals surface area (Å²) in [6.45, 7) is 3.28. The van der Waals surface area contributed by atoms with E-state index in [1.165, 1.54) is 6.33 Å². The third kappa shape index (κ3) is 2.88. The highest BCUT2D eigenvalue weighted by Gasteiger charge is 2.33. The maximum atomic E-state index is 11.6. The molecule has 3 heterocycles. The van der Waals surface area contributed by atoms with Crippen molar-refractivity contribution < 1.29 is 14.6 Å². The summed E-state index contributed by atoms with van der Waals surface area (Å²) in [6.07, 6.45) is 3.02. The molecule has 1 fully saturated rings. The number of anilines is 1. The number of benzene rings is 1. The number of rotatable bonds is 5. The molecule has 1 unspecified atom stereocenters. The molecule has 1 aliphatic rings. The quantitative estimate of drug-likeness (QED) is 0.737. The lowest BCUT2D eigenvalue weighted by molar-refractivity contribution is -0.138. The average molecular weight is 369 g/mol. The predicted molar refractivity (Wildman–Crippen MR) is 102 cm³/mol. The van der Waals surface area contributed by atoms with Gasteiger partial charge in [0.2, 0.25) is 0 Å². The maximum Gasteiger partial charge on any atom is 0.326 e. The van der Waals surface area contributed by atoms with Gasteiger partial charge in [0.15, 0.2) is 0 Å². The SMILES string of the molecule is CCOc1ccc(-c2csc3ncnc(N4CCCC4C(=O)O)c23)cc1. The molecule has 0 spiro atoms. The van der Waals surface area contributed by atoms with E-state index >= 15 is 0 Å². The molecule has 26 heavy (non-hydrogen) atoms. The smallest absolute Gasteiger partial charge is 0.326 e. The van der Waals surface area contributed by atoms with E-state index in [2.05, 4.69) is 15.3 Å². The number of carboxylic acid groups (broad SMARTS) is 1. The number of nitrogens with zero attached hydrogens (tertiary/aromatic N) is 3. The van der Waals surface area contributed by atoms with Crippen molar-refractivity contribution in [2.45, 2.75) is 25.8 Å². The maximum absolute atomic E-state index is 11.6. The minimum Gasteiger partial charge on any atom is -0.494 e. The van der Waals surface area contributed by atoms with Crippen molar-refractivity contribution >= 4 is 33.3 Å². The summed E-state index contributed by atoms with van der Waals surface area (Å²) in [5.74, 6) is 0.745. The van der Waals surface area contributed by atoms with Crippen LogP contribution < -0.4 is 9.64 Å². The van der Waals surface area contributed by atoms with Crippen LogP contribution >= 0.6 is 11.3 Å². The number of ether oxygens (including phenoxy) is 1. The highest BCUT2D eigenvalue weighted by molar-refractivity contribution is 7.17. The minimum absolute atomic E-state index is 0.527. The molecule has 3 aromatic rings. The van der Waals surface area contributed by atoms with E-state index < -0.39 is 12.0 Å². The summed E-state index contributed by atoms with van der Waals surface area (Å²) in [5.41, 5.74) is 2.07. The molecular formula is C19H19N3O3S. The number of carbonyl (C=O) groups is 1. The van der Waals surface area contributed by atoms with Gasteiger partial charge >= 0.3 is 5.97 Å². The fraction of sp³-hybridized carbons (Fsp3) is 0.316. The number of fused-ring (bicyclic) bond motifs is 1. The van der Waals surface area contributed by atoms with Gasteiger partial charge in [-0.2, -0.15) is 0 Å². The lowest BCUT2D eigenvalue weighted by Crippen LogP contribution is -2.36. The Labute approximate surface area is 155 Å². The van der Waals surface area contributed by atoms with Crippen molar-refractivity contribution in [3.8, 4) is 16.9 Å². The Balaban J connectivity index is 1.81. The number of hydrogen-bond donors (Lipinski definition) is 1. The Bertz CT molecular complexity index is 939. The standard InChI is InChI=1S/C19H19N3O3S/c1-2-25-13-7-5-12(6-8-13)14-10-26-18-16(14)17(20-11-21-18)22-9-3-4-15(22)19(23)24/h5-8,10-11,15H,2-4,9H2,1H3,(H,23,24). The molecule has 6 nitrogen and oxygen atoms in total. The molecule has 0 aliphatic carbocycles. The molecule has 1 aliphatic heterocycles. The van der Waals surface area contributed by atoms with E-state index in [0.29, 0.717) is 25.4 Å². The molecule has 134 valence electrons. The van der Waals surface area contributed by atoms with Gasteiger partial charge in [-0.3, -0.25) is 0 Å². The molecule has 0 saturated carbocycles. The first kappa shape index (κ1) is 16.8. The van der Waals surface area contributed by atoms with Crippen molar-refractivity contribution in [1.29, 1.82) is 0 Å². The minimum atomic E-state index is -0.799. The molecule has 2 aromatic heterocycles. The Morgan fingerprint density at radius 3 is 2.88 bits per heavy atom. The topological polar surface area (TPSA) is 75.6 Å². The Hall–Kier alpha value is -2.67. The zero-order chi connectivity index (χ0) is 18.1. The molecule has 1 N–H and O–H groups in total. The first-order chi connectivity index (χ1) is 12.7. The fourth-order valence-corrected chi connectivity index (χ4v) is 4.37. The molecule has 7 heteroatoms. The molecule has 0 radical (unpaired) electrons. The van der Waals surface area contributed by atoms with Crippen LogP contribution in [0, 0.1) is 0 Å². The monoisotopic (exact) mass is 369 g/mol. The first-order valence-corrected chi connectivity index (χ1v) is 9.52. The van der Waals surface area contributed by atoms with Gasteiger partial charge in [0.05, 0.1) is 12.0 Å². The van der Waals surface area contributed by atoms with Crippen LogP contribution in [0.25, 0.3) is 21.3 Å². The number of aliphatic carboxylic acids is 1. The summed E-state index contributed by atoms with van der Waals surface area (Å²) in [5, 5.41) is 12.5. The molecule has 0 amide bonds. The summed E-state index contributed by atoms with van der Waals surface area (Å²) < 4.78 is 5.52. The third-order valence-corrected chi connectivity index (χ3v) is 5.52. The Kier molecular flexibility index (Phi) is 4.46. The van der Waals surface area contributed by atoms with E-state index in [0.717, 1.165) is 33.5 Å². The fourth-order valence-electron chi connectivity index (χ4n) is 3.46. The number of hydrogen-bond acceptors (Lipinski definition) is 6. The van der Waals surface area contributed by atoms with Gasteiger partial charge in [-0.05, 0) is 37.5 Å². The highest BCUT2D eigenvalue weighted by atomic mass is 32.1.